The lowest BCUT2D eigenvalue weighted by molar-refractivity contribution is 0.164. The van der Waals surface area contributed by atoms with Crippen molar-refractivity contribution in [3.05, 3.63) is 42.1 Å². The van der Waals surface area contributed by atoms with Crippen LogP contribution in [0.1, 0.15) is 5.56 Å². The summed E-state index contributed by atoms with van der Waals surface area (Å²) in [6.07, 6.45) is 2.22. The monoisotopic (exact) mass is 435 g/mol. The average Bonchev–Trinajstić information content (AvgIpc) is 3.39. The van der Waals surface area contributed by atoms with Crippen LogP contribution in [0.3, 0.4) is 0 Å². The van der Waals surface area contributed by atoms with Crippen LogP contribution in [0.2, 0.25) is 0 Å². The van der Waals surface area contributed by atoms with Gasteiger partial charge >= 0.3 is 0 Å². The van der Waals surface area contributed by atoms with Gasteiger partial charge in [-0.15, -0.1) is 11.3 Å². The molecule has 0 radical (unpaired) electrons. The van der Waals surface area contributed by atoms with Gasteiger partial charge in [0, 0.05) is 17.7 Å². The van der Waals surface area contributed by atoms with Crippen LogP contribution in [0.4, 0.5) is 5.69 Å². The molecule has 0 amide bonds. The second-order valence-electron chi connectivity index (χ2n) is 6.86. The van der Waals surface area contributed by atoms with Gasteiger partial charge in [-0.2, -0.15) is 0 Å². The third-order valence-electron chi connectivity index (χ3n) is 4.80. The first-order valence-electron chi connectivity index (χ1n) is 8.92. The minimum Gasteiger partial charge on any atom is -0.496 e. The van der Waals surface area contributed by atoms with Gasteiger partial charge in [0.15, 0.2) is 5.76 Å². The zero-order valence-electron chi connectivity index (χ0n) is 16.2. The number of aromatic nitrogens is 1. The number of likely N-dealkylation sites (N-methyl/N-ethyl adjacent to an activating group) is 1. The highest BCUT2D eigenvalue weighted by Crippen LogP contribution is 2.41. The molecule has 0 saturated heterocycles. The molecule has 3 heterocycles. The van der Waals surface area contributed by atoms with Crippen molar-refractivity contribution in [3.63, 3.8) is 0 Å². The zero-order chi connectivity index (χ0) is 20.6. The Morgan fingerprint density at radius 2 is 2.07 bits per heavy atom. The van der Waals surface area contributed by atoms with Crippen molar-refractivity contribution in [1.82, 2.24) is 10.1 Å². The standard InChI is InChI=1S/C19H21N3O5S2/c1-22(2)12-10-13-15(25-3)5-4-14(19(13)26-11-12)21-29(23,24)18-7-6-17(28-18)16-8-9-20-27-16/h4-9,12,21H,10-11H2,1-3H3/t12-/m1/s1. The highest BCUT2D eigenvalue weighted by molar-refractivity contribution is 7.94. The third-order valence-corrected chi connectivity index (χ3v) is 7.76. The molecule has 0 spiro atoms. The number of fused-ring (bicyclic) bond motifs is 1. The minimum absolute atomic E-state index is 0.176. The van der Waals surface area contributed by atoms with E-state index in [0.29, 0.717) is 40.9 Å². The zero-order valence-corrected chi connectivity index (χ0v) is 17.8. The average molecular weight is 436 g/mol. The molecule has 3 aromatic rings. The molecule has 154 valence electrons. The molecule has 1 aromatic carbocycles. The predicted octanol–water partition coefficient (Wildman–Crippen LogP) is 3.08. The number of benzene rings is 1. The largest absolute Gasteiger partial charge is 0.496 e. The number of ether oxygens (including phenoxy) is 2. The van der Waals surface area contributed by atoms with E-state index in [-0.39, 0.29) is 10.3 Å². The van der Waals surface area contributed by atoms with Gasteiger partial charge in [-0.1, -0.05) is 5.16 Å². The molecule has 8 nitrogen and oxygen atoms in total. The van der Waals surface area contributed by atoms with E-state index in [1.54, 1.807) is 37.4 Å². The number of thiophene rings is 1. The Morgan fingerprint density at radius 3 is 2.76 bits per heavy atom. The van der Waals surface area contributed by atoms with Gasteiger partial charge in [0.2, 0.25) is 0 Å². The summed E-state index contributed by atoms with van der Waals surface area (Å²) in [6, 6.07) is 8.53. The number of hydrogen-bond donors (Lipinski definition) is 1. The minimum atomic E-state index is -3.79. The summed E-state index contributed by atoms with van der Waals surface area (Å²) < 4.78 is 45.3. The van der Waals surface area contributed by atoms with Crippen LogP contribution in [0.15, 0.2) is 45.3 Å². The fraction of sp³-hybridized carbons (Fsp3) is 0.316. The summed E-state index contributed by atoms with van der Waals surface area (Å²) in [6.45, 7) is 0.469. The smallest absolute Gasteiger partial charge is 0.271 e. The number of nitrogens with one attached hydrogen (secondary N) is 1. The maximum Gasteiger partial charge on any atom is 0.271 e. The van der Waals surface area contributed by atoms with Gasteiger partial charge in [0.25, 0.3) is 10.0 Å². The van der Waals surface area contributed by atoms with Crippen molar-refractivity contribution >= 4 is 27.0 Å². The number of rotatable bonds is 6. The molecule has 1 N–H and O–H groups in total. The summed E-state index contributed by atoms with van der Waals surface area (Å²) >= 11 is 1.11. The molecule has 2 aromatic heterocycles. The SMILES string of the molecule is COc1ccc(NS(=O)(=O)c2ccc(-c3ccno3)s2)c2c1C[C@@H](N(C)C)CO2. The summed E-state index contributed by atoms with van der Waals surface area (Å²) in [5, 5.41) is 3.66. The van der Waals surface area contributed by atoms with Gasteiger partial charge in [0.1, 0.15) is 22.3 Å². The molecule has 0 bridgehead atoms. The van der Waals surface area contributed by atoms with Crippen LogP contribution in [-0.4, -0.2) is 52.3 Å². The first-order valence-corrected chi connectivity index (χ1v) is 11.2. The van der Waals surface area contributed by atoms with Crippen LogP contribution in [-0.2, 0) is 16.4 Å². The maximum atomic E-state index is 13.0. The van der Waals surface area contributed by atoms with E-state index in [0.717, 1.165) is 16.9 Å². The fourth-order valence-corrected chi connectivity index (χ4v) is 5.51. The van der Waals surface area contributed by atoms with E-state index in [9.17, 15) is 8.42 Å². The van der Waals surface area contributed by atoms with Crippen LogP contribution >= 0.6 is 11.3 Å². The number of hydrogen-bond acceptors (Lipinski definition) is 8. The van der Waals surface area contributed by atoms with Gasteiger partial charge in [-0.3, -0.25) is 4.72 Å². The lowest BCUT2D eigenvalue weighted by Gasteiger charge is -2.32. The van der Waals surface area contributed by atoms with Crippen molar-refractivity contribution in [2.75, 3.05) is 32.5 Å². The van der Waals surface area contributed by atoms with Crippen molar-refractivity contribution in [2.24, 2.45) is 0 Å². The fourth-order valence-electron chi connectivity index (χ4n) is 3.18. The predicted molar refractivity (Wildman–Crippen MR) is 110 cm³/mol. The molecule has 0 unspecified atom stereocenters. The van der Waals surface area contributed by atoms with E-state index in [1.165, 1.54) is 6.20 Å². The quantitative estimate of drug-likeness (QED) is 0.636. The number of nitrogens with zero attached hydrogens (tertiary/aromatic N) is 2. The first-order chi connectivity index (χ1) is 13.9. The summed E-state index contributed by atoms with van der Waals surface area (Å²) in [5.74, 6) is 1.72. The molecule has 1 atom stereocenters. The molecule has 29 heavy (non-hydrogen) atoms. The second-order valence-corrected chi connectivity index (χ2v) is 9.85. The van der Waals surface area contributed by atoms with Crippen LogP contribution in [0, 0.1) is 0 Å². The Kier molecular flexibility index (Phi) is 5.24. The first kappa shape index (κ1) is 19.7. The van der Waals surface area contributed by atoms with Crippen molar-refractivity contribution < 1.29 is 22.4 Å². The summed E-state index contributed by atoms with van der Waals surface area (Å²) in [7, 11) is 1.78. The van der Waals surface area contributed by atoms with E-state index >= 15 is 0 Å². The number of anilines is 1. The van der Waals surface area contributed by atoms with Crippen LogP contribution in [0.25, 0.3) is 10.6 Å². The van der Waals surface area contributed by atoms with E-state index in [1.807, 2.05) is 14.1 Å². The van der Waals surface area contributed by atoms with E-state index in [2.05, 4.69) is 14.8 Å². The number of sulfonamides is 1. The molecule has 4 rings (SSSR count). The highest BCUT2D eigenvalue weighted by Gasteiger charge is 2.29. The van der Waals surface area contributed by atoms with E-state index in [4.69, 9.17) is 14.0 Å². The topological polar surface area (TPSA) is 93.9 Å². The lowest BCUT2D eigenvalue weighted by Crippen LogP contribution is -2.38. The molecule has 0 saturated carbocycles. The molecule has 10 heteroatoms. The molecular formula is C19H21N3O5S2. The van der Waals surface area contributed by atoms with Crippen molar-refractivity contribution in [3.8, 4) is 22.1 Å². The molecule has 1 aliphatic rings. The summed E-state index contributed by atoms with van der Waals surface area (Å²) in [4.78, 5) is 2.76. The van der Waals surface area contributed by atoms with Crippen molar-refractivity contribution in [1.29, 1.82) is 0 Å². The Hall–Kier alpha value is -2.56. The van der Waals surface area contributed by atoms with Crippen molar-refractivity contribution in [2.45, 2.75) is 16.7 Å². The normalized spacial score (nSPS) is 16.3. The highest BCUT2D eigenvalue weighted by atomic mass is 32.2. The van der Waals surface area contributed by atoms with Gasteiger partial charge in [-0.05, 0) is 44.8 Å². The van der Waals surface area contributed by atoms with Crippen LogP contribution in [0.5, 0.6) is 11.5 Å². The Morgan fingerprint density at radius 1 is 1.24 bits per heavy atom. The maximum absolute atomic E-state index is 13.0. The van der Waals surface area contributed by atoms with E-state index < -0.39 is 10.0 Å². The molecule has 1 aliphatic heterocycles. The Labute approximate surface area is 173 Å². The third kappa shape index (κ3) is 3.83. The number of methoxy groups -OCH3 is 1. The Bertz CT molecular complexity index is 1110. The molecule has 0 fully saturated rings. The second kappa shape index (κ2) is 7.69. The lowest BCUT2D eigenvalue weighted by atomic mass is 10.00. The van der Waals surface area contributed by atoms with Crippen LogP contribution < -0.4 is 14.2 Å². The molecular weight excluding hydrogens is 414 g/mol. The van der Waals surface area contributed by atoms with Gasteiger partial charge in [0.05, 0.1) is 23.9 Å². The summed E-state index contributed by atoms with van der Waals surface area (Å²) in [5.41, 5.74) is 1.25. The Balaban J connectivity index is 1.65. The van der Waals surface area contributed by atoms with Gasteiger partial charge in [-0.25, -0.2) is 8.42 Å². The van der Waals surface area contributed by atoms with Gasteiger partial charge < -0.3 is 18.9 Å². The molecule has 0 aliphatic carbocycles.